The number of amides is 1. The Morgan fingerprint density at radius 1 is 1.04 bits per heavy atom. The lowest BCUT2D eigenvalue weighted by atomic mass is 9.87. The molecule has 0 spiro atoms. The van der Waals surface area contributed by atoms with Crippen molar-refractivity contribution < 1.29 is 29.0 Å². The Balaban J connectivity index is 4.38. The molecule has 0 aliphatic rings. The molecule has 26 heavy (non-hydrogen) atoms. The van der Waals surface area contributed by atoms with E-state index in [1.54, 1.807) is 6.92 Å². The fourth-order valence-electron chi connectivity index (χ4n) is 2.67. The Kier molecular flexibility index (Phi) is 12.5. The van der Waals surface area contributed by atoms with E-state index in [0.29, 0.717) is 18.3 Å². The van der Waals surface area contributed by atoms with E-state index >= 15 is 0 Å². The van der Waals surface area contributed by atoms with E-state index < -0.39 is 30.2 Å². The Morgan fingerprint density at radius 3 is 2.19 bits per heavy atom. The number of alkyl carbamates (subject to hydrolysis) is 1. The smallest absolute Gasteiger partial charge is 0.410 e. The van der Waals surface area contributed by atoms with Crippen LogP contribution >= 0.6 is 0 Å². The summed E-state index contributed by atoms with van der Waals surface area (Å²) in [6.07, 6.45) is 3.02. The van der Waals surface area contributed by atoms with Gasteiger partial charge in [-0.1, -0.05) is 53.4 Å². The van der Waals surface area contributed by atoms with Crippen molar-refractivity contribution in [2.45, 2.75) is 79.4 Å². The molecular weight excluding hydrogens is 338 g/mol. The Morgan fingerprint density at radius 2 is 1.69 bits per heavy atom. The van der Waals surface area contributed by atoms with Crippen LogP contribution in [0.5, 0.6) is 0 Å². The number of rotatable bonds is 13. The van der Waals surface area contributed by atoms with Gasteiger partial charge in [0.15, 0.2) is 0 Å². The molecular formula is C19H35NO6. The van der Waals surface area contributed by atoms with E-state index in [4.69, 9.17) is 9.47 Å². The maximum Gasteiger partial charge on any atom is 0.410 e. The summed E-state index contributed by atoms with van der Waals surface area (Å²) in [5.74, 6) is -1.11. The number of carbonyl (C=O) groups is 3. The second-order valence-electron chi connectivity index (χ2n) is 7.07. The lowest BCUT2D eigenvalue weighted by Gasteiger charge is -2.21. The summed E-state index contributed by atoms with van der Waals surface area (Å²) >= 11 is 0. The van der Waals surface area contributed by atoms with E-state index in [0.717, 1.165) is 25.7 Å². The molecule has 0 rings (SSSR count). The highest BCUT2D eigenvalue weighted by molar-refractivity contribution is 5.73. The highest BCUT2D eigenvalue weighted by Crippen LogP contribution is 2.23. The van der Waals surface area contributed by atoms with Crippen molar-refractivity contribution in [3.05, 3.63) is 0 Å². The standard InChI is InChI=1S/C19H35NO6/c1-6-15(10-8-9-13(3)4)11-16(18(22)23)12-20-19(24)26-14(5)25-17(21)7-2/h13-16H,6-12H2,1-5H3,(H,20,24)(H,22,23)/t14-,15-,16-/m0/s1. The quantitative estimate of drug-likeness (QED) is 0.374. The first-order valence-corrected chi connectivity index (χ1v) is 9.56. The van der Waals surface area contributed by atoms with Crippen molar-refractivity contribution in [3.8, 4) is 0 Å². The Hall–Kier alpha value is -1.79. The minimum atomic E-state index is -1.01. The van der Waals surface area contributed by atoms with Crippen LogP contribution in [0.25, 0.3) is 0 Å². The molecule has 0 bridgehead atoms. The van der Waals surface area contributed by atoms with Gasteiger partial charge in [0.05, 0.1) is 5.92 Å². The van der Waals surface area contributed by atoms with Gasteiger partial charge in [0, 0.05) is 19.9 Å². The Bertz CT molecular complexity index is 438. The summed E-state index contributed by atoms with van der Waals surface area (Å²) in [5.41, 5.74) is 0. The SMILES string of the molecule is CCC(=O)O[C@H](C)OC(=O)NC[C@H](C[C@@H](CC)CCCC(C)C)C(=O)O. The van der Waals surface area contributed by atoms with Gasteiger partial charge in [-0.25, -0.2) is 4.79 Å². The molecule has 2 N–H and O–H groups in total. The van der Waals surface area contributed by atoms with E-state index in [-0.39, 0.29) is 13.0 Å². The van der Waals surface area contributed by atoms with Crippen molar-refractivity contribution in [2.75, 3.05) is 6.54 Å². The van der Waals surface area contributed by atoms with Crippen molar-refractivity contribution in [1.29, 1.82) is 0 Å². The van der Waals surface area contributed by atoms with Crippen LogP contribution in [0.1, 0.15) is 73.1 Å². The van der Waals surface area contributed by atoms with Crippen LogP contribution in [0, 0.1) is 17.8 Å². The van der Waals surface area contributed by atoms with Gasteiger partial charge in [0.1, 0.15) is 0 Å². The van der Waals surface area contributed by atoms with Crippen LogP contribution in [-0.2, 0) is 19.1 Å². The van der Waals surface area contributed by atoms with Gasteiger partial charge in [-0.2, -0.15) is 0 Å². The number of carboxylic acid groups (broad SMARTS) is 1. The number of hydrogen-bond acceptors (Lipinski definition) is 5. The van der Waals surface area contributed by atoms with Gasteiger partial charge in [0.2, 0.25) is 6.29 Å². The van der Waals surface area contributed by atoms with E-state index in [1.807, 2.05) is 0 Å². The number of aliphatic carboxylic acids is 1. The zero-order chi connectivity index (χ0) is 20.1. The van der Waals surface area contributed by atoms with Crippen molar-refractivity contribution in [3.63, 3.8) is 0 Å². The second-order valence-corrected chi connectivity index (χ2v) is 7.07. The third kappa shape index (κ3) is 11.7. The van der Waals surface area contributed by atoms with E-state index in [1.165, 1.54) is 6.92 Å². The molecule has 0 saturated carbocycles. The molecule has 0 aromatic heterocycles. The zero-order valence-corrected chi connectivity index (χ0v) is 16.7. The second kappa shape index (κ2) is 13.4. The fraction of sp³-hybridized carbons (Fsp3) is 0.842. The molecule has 0 unspecified atom stereocenters. The fourth-order valence-corrected chi connectivity index (χ4v) is 2.67. The maximum atomic E-state index is 11.7. The number of carboxylic acids is 1. The highest BCUT2D eigenvalue weighted by atomic mass is 16.7. The number of hydrogen-bond donors (Lipinski definition) is 2. The number of nitrogens with one attached hydrogen (secondary N) is 1. The minimum absolute atomic E-state index is 0.0106. The van der Waals surface area contributed by atoms with Gasteiger partial charge in [-0.15, -0.1) is 0 Å². The molecule has 3 atom stereocenters. The van der Waals surface area contributed by atoms with Gasteiger partial charge in [-0.05, 0) is 18.3 Å². The molecule has 0 radical (unpaired) electrons. The third-order valence-corrected chi connectivity index (χ3v) is 4.29. The van der Waals surface area contributed by atoms with Gasteiger partial charge < -0.3 is 19.9 Å². The first kappa shape index (κ1) is 24.2. The van der Waals surface area contributed by atoms with Crippen LogP contribution in [0.4, 0.5) is 4.79 Å². The molecule has 0 fully saturated rings. The van der Waals surface area contributed by atoms with Crippen LogP contribution in [0.2, 0.25) is 0 Å². The number of esters is 1. The first-order chi connectivity index (χ1) is 12.2. The van der Waals surface area contributed by atoms with Crippen molar-refractivity contribution in [1.82, 2.24) is 5.32 Å². The summed E-state index contributed by atoms with van der Waals surface area (Å²) < 4.78 is 9.72. The number of carbonyl (C=O) groups excluding carboxylic acids is 2. The lowest BCUT2D eigenvalue weighted by molar-refractivity contribution is -0.164. The Labute approximate surface area is 156 Å². The first-order valence-electron chi connectivity index (χ1n) is 9.56. The van der Waals surface area contributed by atoms with Crippen LogP contribution in [0.3, 0.4) is 0 Å². The highest BCUT2D eigenvalue weighted by Gasteiger charge is 2.23. The maximum absolute atomic E-state index is 11.7. The minimum Gasteiger partial charge on any atom is -0.481 e. The average molecular weight is 373 g/mol. The molecule has 7 heteroatoms. The van der Waals surface area contributed by atoms with E-state index in [9.17, 15) is 19.5 Å². The van der Waals surface area contributed by atoms with Gasteiger partial charge >= 0.3 is 18.0 Å². The molecule has 152 valence electrons. The zero-order valence-electron chi connectivity index (χ0n) is 16.7. The molecule has 0 aromatic rings. The monoisotopic (exact) mass is 373 g/mol. The predicted molar refractivity (Wildman–Crippen MR) is 98.5 cm³/mol. The van der Waals surface area contributed by atoms with Gasteiger partial charge in [-0.3, -0.25) is 9.59 Å². The third-order valence-electron chi connectivity index (χ3n) is 4.29. The summed E-state index contributed by atoms with van der Waals surface area (Å²) in [5, 5.41) is 11.9. The molecule has 0 aromatic carbocycles. The molecule has 0 saturated heterocycles. The van der Waals surface area contributed by atoms with E-state index in [2.05, 4.69) is 26.1 Å². The summed E-state index contributed by atoms with van der Waals surface area (Å²) in [6, 6.07) is 0. The van der Waals surface area contributed by atoms with Crippen LogP contribution in [0.15, 0.2) is 0 Å². The normalized spacial score (nSPS) is 14.4. The summed E-state index contributed by atoms with van der Waals surface area (Å²) in [4.78, 5) is 34.4. The van der Waals surface area contributed by atoms with Crippen LogP contribution < -0.4 is 5.32 Å². The molecule has 0 aliphatic heterocycles. The summed E-state index contributed by atoms with van der Waals surface area (Å²) in [6.45, 7) is 9.47. The molecule has 1 amide bonds. The summed E-state index contributed by atoms with van der Waals surface area (Å²) in [7, 11) is 0. The lowest BCUT2D eigenvalue weighted by Crippen LogP contribution is -2.36. The largest absolute Gasteiger partial charge is 0.481 e. The molecule has 7 nitrogen and oxygen atoms in total. The molecule has 0 aliphatic carbocycles. The molecule has 0 heterocycles. The van der Waals surface area contributed by atoms with Gasteiger partial charge in [0.25, 0.3) is 0 Å². The van der Waals surface area contributed by atoms with Crippen molar-refractivity contribution in [2.24, 2.45) is 17.8 Å². The van der Waals surface area contributed by atoms with Crippen molar-refractivity contribution >= 4 is 18.0 Å². The topological polar surface area (TPSA) is 102 Å². The number of ether oxygens (including phenoxy) is 2. The average Bonchev–Trinajstić information content (AvgIpc) is 2.55. The van der Waals surface area contributed by atoms with Crippen LogP contribution in [-0.4, -0.2) is 36.0 Å². The predicted octanol–water partition coefficient (Wildman–Crippen LogP) is 3.96.